The molecule has 11 heavy (non-hydrogen) atoms. The first kappa shape index (κ1) is 7.99. The number of pyridine rings is 1. The highest BCUT2D eigenvalue weighted by Crippen LogP contribution is 2.02. The summed E-state index contributed by atoms with van der Waals surface area (Å²) in [5, 5.41) is 0. The fourth-order valence-electron chi connectivity index (χ4n) is 1.01. The van der Waals surface area contributed by atoms with Crippen LogP contribution in [0.4, 0.5) is 0 Å². The average Bonchev–Trinajstić information content (AvgIpc) is 2.06. The van der Waals surface area contributed by atoms with Crippen molar-refractivity contribution in [2.75, 3.05) is 0 Å². The third kappa shape index (κ3) is 2.19. The van der Waals surface area contributed by atoms with Crippen LogP contribution < -0.4 is 0 Å². The summed E-state index contributed by atoms with van der Waals surface area (Å²) in [7, 11) is 0. The number of nitrogens with zero attached hydrogens (tertiary/aromatic N) is 1. The number of hydrogen-bond acceptors (Lipinski definition) is 1. The maximum atomic E-state index is 4.36. The Morgan fingerprint density at radius 2 is 2.36 bits per heavy atom. The van der Waals surface area contributed by atoms with Gasteiger partial charge in [0.1, 0.15) is 0 Å². The molecule has 58 valence electrons. The van der Waals surface area contributed by atoms with Crippen molar-refractivity contribution >= 4 is 6.08 Å². The molecule has 0 unspecified atom stereocenters. The second-order valence-corrected chi connectivity index (χ2v) is 2.51. The van der Waals surface area contributed by atoms with E-state index in [2.05, 4.69) is 24.6 Å². The molecule has 1 nitrogen and oxygen atoms in total. The first-order valence-electron chi connectivity index (χ1n) is 3.95. The Morgan fingerprint density at radius 1 is 1.55 bits per heavy atom. The molecular formula is C10H13N. The van der Waals surface area contributed by atoms with Crippen LogP contribution in [0, 0.1) is 0 Å². The first-order valence-corrected chi connectivity index (χ1v) is 3.95. The molecule has 1 aromatic rings. The molecule has 0 aliphatic rings. The number of aryl methyl sites for hydroxylation is 1. The molecule has 1 heteroatoms. The van der Waals surface area contributed by atoms with Gasteiger partial charge in [-0.2, -0.15) is 0 Å². The van der Waals surface area contributed by atoms with E-state index in [9.17, 15) is 0 Å². The monoisotopic (exact) mass is 147 g/mol. The largest absolute Gasteiger partial charge is 0.254 e. The van der Waals surface area contributed by atoms with Crippen LogP contribution in [0.25, 0.3) is 6.08 Å². The second kappa shape index (κ2) is 3.91. The van der Waals surface area contributed by atoms with Crippen LogP contribution in [0.15, 0.2) is 24.8 Å². The Hall–Kier alpha value is -1.11. The molecule has 0 saturated heterocycles. The molecule has 1 heterocycles. The van der Waals surface area contributed by atoms with Crippen LogP contribution in [0.1, 0.15) is 24.7 Å². The molecule has 0 spiro atoms. The Balaban J connectivity index is 2.82. The molecule has 0 atom stereocenters. The third-order valence-electron chi connectivity index (χ3n) is 1.54. The summed E-state index contributed by atoms with van der Waals surface area (Å²) < 4.78 is 0. The molecule has 0 fully saturated rings. The van der Waals surface area contributed by atoms with Gasteiger partial charge in [0.25, 0.3) is 0 Å². The van der Waals surface area contributed by atoms with Crippen molar-refractivity contribution in [3.8, 4) is 0 Å². The molecule has 0 aliphatic carbocycles. The lowest BCUT2D eigenvalue weighted by molar-refractivity contribution is 0.880. The van der Waals surface area contributed by atoms with Crippen LogP contribution in [0.2, 0.25) is 0 Å². The minimum Gasteiger partial charge on any atom is -0.254 e. The minimum atomic E-state index is 0.968. The first-order chi connectivity index (χ1) is 5.36. The van der Waals surface area contributed by atoms with E-state index in [0.29, 0.717) is 0 Å². The summed E-state index contributed by atoms with van der Waals surface area (Å²) in [6.45, 7) is 5.82. The van der Waals surface area contributed by atoms with Gasteiger partial charge in [-0.1, -0.05) is 26.0 Å². The minimum absolute atomic E-state index is 0.968. The Labute approximate surface area is 67.8 Å². The van der Waals surface area contributed by atoms with E-state index < -0.39 is 0 Å². The SMILES string of the molecule is C=Cc1cccc(CCC)n1. The molecule has 1 rings (SSSR count). The van der Waals surface area contributed by atoms with Crippen LogP contribution in [0.5, 0.6) is 0 Å². The van der Waals surface area contributed by atoms with Crippen LogP contribution in [0.3, 0.4) is 0 Å². The summed E-state index contributed by atoms with van der Waals surface area (Å²) in [6.07, 6.45) is 3.98. The maximum absolute atomic E-state index is 4.36. The predicted octanol–water partition coefficient (Wildman–Crippen LogP) is 2.68. The van der Waals surface area contributed by atoms with Gasteiger partial charge in [-0.3, -0.25) is 4.98 Å². The lowest BCUT2D eigenvalue weighted by atomic mass is 10.2. The van der Waals surface area contributed by atoms with E-state index in [1.165, 1.54) is 0 Å². The summed E-state index contributed by atoms with van der Waals surface area (Å²) >= 11 is 0. The van der Waals surface area contributed by atoms with Gasteiger partial charge >= 0.3 is 0 Å². The van der Waals surface area contributed by atoms with Crippen molar-refractivity contribution in [1.82, 2.24) is 4.98 Å². The smallest absolute Gasteiger partial charge is 0.0627 e. The van der Waals surface area contributed by atoms with Crippen LogP contribution in [-0.4, -0.2) is 4.98 Å². The lowest BCUT2D eigenvalue weighted by Crippen LogP contribution is -1.89. The van der Waals surface area contributed by atoms with Gasteiger partial charge in [0, 0.05) is 5.69 Å². The van der Waals surface area contributed by atoms with E-state index in [1.54, 1.807) is 6.08 Å². The van der Waals surface area contributed by atoms with Crippen LogP contribution in [-0.2, 0) is 6.42 Å². The van der Waals surface area contributed by atoms with Crippen molar-refractivity contribution < 1.29 is 0 Å². The highest BCUT2D eigenvalue weighted by atomic mass is 14.7. The van der Waals surface area contributed by atoms with E-state index >= 15 is 0 Å². The maximum Gasteiger partial charge on any atom is 0.0627 e. The standard InChI is InChI=1S/C10H13N/c1-3-6-10-8-5-7-9(4-2)11-10/h4-5,7-8H,2-3,6H2,1H3. The van der Waals surface area contributed by atoms with Crippen molar-refractivity contribution in [2.45, 2.75) is 19.8 Å². The predicted molar refractivity (Wildman–Crippen MR) is 48.3 cm³/mol. The Kier molecular flexibility index (Phi) is 2.84. The van der Waals surface area contributed by atoms with Gasteiger partial charge in [0.2, 0.25) is 0 Å². The Bertz CT molecular complexity index is 240. The van der Waals surface area contributed by atoms with Gasteiger partial charge in [-0.15, -0.1) is 0 Å². The topological polar surface area (TPSA) is 12.9 Å². The summed E-state index contributed by atoms with van der Waals surface area (Å²) in [5.41, 5.74) is 2.13. The molecule has 0 aromatic carbocycles. The van der Waals surface area contributed by atoms with Crippen molar-refractivity contribution in [3.63, 3.8) is 0 Å². The molecular weight excluding hydrogens is 134 g/mol. The van der Waals surface area contributed by atoms with E-state index in [0.717, 1.165) is 24.2 Å². The zero-order valence-corrected chi connectivity index (χ0v) is 6.88. The van der Waals surface area contributed by atoms with Gasteiger partial charge in [0.15, 0.2) is 0 Å². The lowest BCUT2D eigenvalue weighted by Gasteiger charge is -1.97. The molecule has 0 saturated carbocycles. The molecule has 1 aromatic heterocycles. The second-order valence-electron chi connectivity index (χ2n) is 2.51. The number of hydrogen-bond donors (Lipinski definition) is 0. The molecule has 0 radical (unpaired) electrons. The normalized spacial score (nSPS) is 9.55. The van der Waals surface area contributed by atoms with Crippen molar-refractivity contribution in [2.24, 2.45) is 0 Å². The van der Waals surface area contributed by atoms with Crippen LogP contribution >= 0.6 is 0 Å². The molecule has 0 N–H and O–H groups in total. The highest BCUT2D eigenvalue weighted by Gasteiger charge is 1.91. The van der Waals surface area contributed by atoms with E-state index in [4.69, 9.17) is 0 Å². The zero-order chi connectivity index (χ0) is 8.10. The fourth-order valence-corrected chi connectivity index (χ4v) is 1.01. The average molecular weight is 147 g/mol. The molecule has 0 aliphatic heterocycles. The van der Waals surface area contributed by atoms with Gasteiger partial charge in [0.05, 0.1) is 5.69 Å². The summed E-state index contributed by atoms with van der Waals surface area (Å²) in [5.74, 6) is 0. The molecule has 0 amide bonds. The zero-order valence-electron chi connectivity index (χ0n) is 6.88. The third-order valence-corrected chi connectivity index (χ3v) is 1.54. The van der Waals surface area contributed by atoms with Crippen molar-refractivity contribution in [1.29, 1.82) is 0 Å². The van der Waals surface area contributed by atoms with Gasteiger partial charge < -0.3 is 0 Å². The Morgan fingerprint density at radius 3 is 3.00 bits per heavy atom. The number of aromatic nitrogens is 1. The van der Waals surface area contributed by atoms with Gasteiger partial charge in [-0.05, 0) is 24.6 Å². The summed E-state index contributed by atoms with van der Waals surface area (Å²) in [6, 6.07) is 6.04. The fraction of sp³-hybridized carbons (Fsp3) is 0.300. The number of rotatable bonds is 3. The van der Waals surface area contributed by atoms with E-state index in [-0.39, 0.29) is 0 Å². The van der Waals surface area contributed by atoms with Crippen molar-refractivity contribution in [3.05, 3.63) is 36.2 Å². The quantitative estimate of drug-likeness (QED) is 0.640. The summed E-state index contributed by atoms with van der Waals surface area (Å²) in [4.78, 5) is 4.36. The van der Waals surface area contributed by atoms with E-state index in [1.807, 2.05) is 12.1 Å². The molecule has 0 bridgehead atoms. The van der Waals surface area contributed by atoms with Gasteiger partial charge in [-0.25, -0.2) is 0 Å². The highest BCUT2D eigenvalue weighted by molar-refractivity contribution is 5.41.